The maximum atomic E-state index is 12.3. The van der Waals surface area contributed by atoms with Crippen molar-refractivity contribution in [3.63, 3.8) is 0 Å². The molecule has 0 unspecified atom stereocenters. The number of pyridine rings is 1. The number of nitrogens with two attached hydrogens (primary N) is 1. The van der Waals surface area contributed by atoms with Gasteiger partial charge in [0.05, 0.1) is 6.42 Å². The molecule has 0 saturated carbocycles. The lowest BCUT2D eigenvalue weighted by molar-refractivity contribution is -0.131. The molecule has 0 radical (unpaired) electrons. The Bertz CT molecular complexity index is 756. The third-order valence-corrected chi connectivity index (χ3v) is 4.61. The van der Waals surface area contributed by atoms with E-state index in [1.807, 2.05) is 35.2 Å². The first kappa shape index (κ1) is 18.7. The first-order valence-corrected chi connectivity index (χ1v) is 9.17. The first-order chi connectivity index (χ1) is 13.1. The number of piperazine rings is 1. The molecule has 142 valence electrons. The minimum atomic E-state index is -0.0902. The number of benzene rings is 1. The fraction of sp³-hybridized carbons (Fsp3) is 0.350. The predicted molar refractivity (Wildman–Crippen MR) is 105 cm³/mol. The molecule has 2 amide bonds. The van der Waals surface area contributed by atoms with Crippen molar-refractivity contribution in [2.24, 2.45) is 0 Å². The van der Waals surface area contributed by atoms with Gasteiger partial charge in [-0.15, -0.1) is 0 Å². The van der Waals surface area contributed by atoms with Crippen LogP contribution in [0.1, 0.15) is 12.0 Å². The number of amides is 2. The number of hydrogen-bond donors (Lipinski definition) is 2. The predicted octanol–water partition coefficient (Wildman–Crippen LogP) is 1.06. The van der Waals surface area contributed by atoms with Crippen molar-refractivity contribution in [3.05, 3.63) is 54.2 Å². The highest BCUT2D eigenvalue weighted by molar-refractivity contribution is 5.80. The molecule has 27 heavy (non-hydrogen) atoms. The fourth-order valence-corrected chi connectivity index (χ4v) is 3.08. The molecule has 0 spiro atoms. The van der Waals surface area contributed by atoms with Crippen molar-refractivity contribution < 1.29 is 9.59 Å². The Morgan fingerprint density at radius 1 is 1.04 bits per heavy atom. The van der Waals surface area contributed by atoms with Gasteiger partial charge in [-0.05, 0) is 29.8 Å². The topological polar surface area (TPSA) is 91.6 Å². The standard InChI is InChI=1S/C20H25N5O2/c21-17-6-4-16(5-7-17)15-19(26)23-10-8-20(27)25-13-11-24(12-14-25)18-3-1-2-9-22-18/h1-7,9H,8,10-15,21H2,(H,23,26). The highest BCUT2D eigenvalue weighted by Gasteiger charge is 2.21. The van der Waals surface area contributed by atoms with Gasteiger partial charge in [-0.25, -0.2) is 4.98 Å². The van der Waals surface area contributed by atoms with E-state index in [-0.39, 0.29) is 18.2 Å². The summed E-state index contributed by atoms with van der Waals surface area (Å²) in [5.41, 5.74) is 7.21. The number of aromatic nitrogens is 1. The molecule has 0 aliphatic carbocycles. The summed E-state index contributed by atoms with van der Waals surface area (Å²) in [6.07, 6.45) is 2.38. The molecule has 2 heterocycles. The van der Waals surface area contributed by atoms with Crippen molar-refractivity contribution in [2.75, 3.05) is 43.4 Å². The van der Waals surface area contributed by atoms with Crippen LogP contribution in [0.3, 0.4) is 0 Å². The van der Waals surface area contributed by atoms with Crippen LogP contribution in [-0.4, -0.2) is 54.4 Å². The molecule has 3 rings (SSSR count). The van der Waals surface area contributed by atoms with E-state index in [0.717, 1.165) is 24.5 Å². The smallest absolute Gasteiger partial charge is 0.224 e. The van der Waals surface area contributed by atoms with E-state index in [1.54, 1.807) is 18.3 Å². The molecule has 1 aliphatic heterocycles. The quantitative estimate of drug-likeness (QED) is 0.745. The van der Waals surface area contributed by atoms with Crippen molar-refractivity contribution in [1.29, 1.82) is 0 Å². The second kappa shape index (κ2) is 9.02. The molecule has 1 saturated heterocycles. The third kappa shape index (κ3) is 5.44. The lowest BCUT2D eigenvalue weighted by Crippen LogP contribution is -2.49. The number of anilines is 2. The number of hydrogen-bond acceptors (Lipinski definition) is 5. The normalized spacial score (nSPS) is 14.1. The van der Waals surface area contributed by atoms with Gasteiger partial charge in [-0.3, -0.25) is 9.59 Å². The number of rotatable bonds is 6. The summed E-state index contributed by atoms with van der Waals surface area (Å²) >= 11 is 0. The summed E-state index contributed by atoms with van der Waals surface area (Å²) in [6.45, 7) is 3.25. The summed E-state index contributed by atoms with van der Waals surface area (Å²) in [7, 11) is 0. The van der Waals surface area contributed by atoms with E-state index in [0.29, 0.717) is 31.7 Å². The Morgan fingerprint density at radius 2 is 1.78 bits per heavy atom. The van der Waals surface area contributed by atoms with Gasteiger partial charge in [0, 0.05) is 51.0 Å². The van der Waals surface area contributed by atoms with Gasteiger partial charge in [0.1, 0.15) is 5.82 Å². The Morgan fingerprint density at radius 3 is 2.44 bits per heavy atom. The van der Waals surface area contributed by atoms with Gasteiger partial charge in [0.2, 0.25) is 11.8 Å². The van der Waals surface area contributed by atoms with Gasteiger partial charge >= 0.3 is 0 Å². The minimum Gasteiger partial charge on any atom is -0.399 e. The number of carbonyl (C=O) groups excluding carboxylic acids is 2. The van der Waals surface area contributed by atoms with Gasteiger partial charge in [-0.2, -0.15) is 0 Å². The van der Waals surface area contributed by atoms with Crippen LogP contribution < -0.4 is 16.0 Å². The van der Waals surface area contributed by atoms with Gasteiger partial charge < -0.3 is 20.9 Å². The Balaban J connectivity index is 1.36. The van der Waals surface area contributed by atoms with Crippen LogP contribution >= 0.6 is 0 Å². The average Bonchev–Trinajstić information content (AvgIpc) is 2.70. The number of nitrogens with zero attached hydrogens (tertiary/aromatic N) is 3. The van der Waals surface area contributed by atoms with Crippen LogP contribution in [0, 0.1) is 0 Å². The number of nitrogen functional groups attached to an aromatic ring is 1. The third-order valence-electron chi connectivity index (χ3n) is 4.61. The largest absolute Gasteiger partial charge is 0.399 e. The monoisotopic (exact) mass is 367 g/mol. The van der Waals surface area contributed by atoms with E-state index in [1.165, 1.54) is 0 Å². The molecule has 1 fully saturated rings. The Kier molecular flexibility index (Phi) is 6.25. The summed E-state index contributed by atoms with van der Waals surface area (Å²) in [6, 6.07) is 13.1. The van der Waals surface area contributed by atoms with E-state index in [4.69, 9.17) is 5.73 Å². The van der Waals surface area contributed by atoms with Crippen LogP contribution in [0.4, 0.5) is 11.5 Å². The molecule has 1 aromatic heterocycles. The molecule has 0 bridgehead atoms. The first-order valence-electron chi connectivity index (χ1n) is 9.17. The molecular formula is C20H25N5O2. The minimum absolute atomic E-state index is 0.0726. The van der Waals surface area contributed by atoms with Crippen molar-refractivity contribution >= 4 is 23.3 Å². The molecule has 0 atom stereocenters. The molecule has 7 nitrogen and oxygen atoms in total. The molecular weight excluding hydrogens is 342 g/mol. The zero-order chi connectivity index (χ0) is 19.1. The Hall–Kier alpha value is -3.09. The summed E-state index contributed by atoms with van der Waals surface area (Å²) < 4.78 is 0. The molecule has 7 heteroatoms. The zero-order valence-corrected chi connectivity index (χ0v) is 15.3. The maximum absolute atomic E-state index is 12.3. The van der Waals surface area contributed by atoms with E-state index < -0.39 is 0 Å². The van der Waals surface area contributed by atoms with Crippen LogP contribution in [0.2, 0.25) is 0 Å². The highest BCUT2D eigenvalue weighted by Crippen LogP contribution is 2.13. The van der Waals surface area contributed by atoms with Crippen molar-refractivity contribution in [1.82, 2.24) is 15.2 Å². The Labute approximate surface area is 159 Å². The van der Waals surface area contributed by atoms with Crippen LogP contribution in [0.15, 0.2) is 48.7 Å². The summed E-state index contributed by atoms with van der Waals surface area (Å²) in [5.74, 6) is 0.926. The van der Waals surface area contributed by atoms with Crippen LogP contribution in [0.25, 0.3) is 0 Å². The molecule has 1 aliphatic rings. The number of carbonyl (C=O) groups is 2. The molecule has 3 N–H and O–H groups in total. The second-order valence-corrected chi connectivity index (χ2v) is 6.57. The second-order valence-electron chi connectivity index (χ2n) is 6.57. The van der Waals surface area contributed by atoms with Crippen molar-refractivity contribution in [3.8, 4) is 0 Å². The van der Waals surface area contributed by atoms with E-state index in [2.05, 4.69) is 15.2 Å². The zero-order valence-electron chi connectivity index (χ0n) is 15.3. The van der Waals surface area contributed by atoms with Gasteiger partial charge in [-0.1, -0.05) is 18.2 Å². The average molecular weight is 367 g/mol. The molecule has 1 aromatic carbocycles. The lowest BCUT2D eigenvalue weighted by atomic mass is 10.1. The lowest BCUT2D eigenvalue weighted by Gasteiger charge is -2.35. The SMILES string of the molecule is Nc1ccc(CC(=O)NCCC(=O)N2CCN(c3ccccn3)CC2)cc1. The van der Waals surface area contributed by atoms with Crippen molar-refractivity contribution in [2.45, 2.75) is 12.8 Å². The maximum Gasteiger partial charge on any atom is 0.224 e. The van der Waals surface area contributed by atoms with Gasteiger partial charge in [0.25, 0.3) is 0 Å². The van der Waals surface area contributed by atoms with Crippen LogP contribution in [-0.2, 0) is 16.0 Å². The summed E-state index contributed by atoms with van der Waals surface area (Å²) in [5, 5.41) is 2.81. The highest BCUT2D eigenvalue weighted by atomic mass is 16.2. The van der Waals surface area contributed by atoms with E-state index >= 15 is 0 Å². The van der Waals surface area contributed by atoms with Crippen LogP contribution in [0.5, 0.6) is 0 Å². The van der Waals surface area contributed by atoms with E-state index in [9.17, 15) is 9.59 Å². The fourth-order valence-electron chi connectivity index (χ4n) is 3.08. The summed E-state index contributed by atoms with van der Waals surface area (Å²) in [4.78, 5) is 32.7. The number of nitrogens with one attached hydrogen (secondary N) is 1. The molecule has 2 aromatic rings. The van der Waals surface area contributed by atoms with Gasteiger partial charge in [0.15, 0.2) is 0 Å².